The molecule has 0 amide bonds. The quantitative estimate of drug-likeness (QED) is 0.930. The molecule has 1 aliphatic rings. The van der Waals surface area contributed by atoms with Crippen molar-refractivity contribution in [2.45, 2.75) is 24.9 Å². The van der Waals surface area contributed by atoms with Gasteiger partial charge in [0.15, 0.2) is 5.60 Å². The maximum Gasteiger partial charge on any atom is 0.158 e. The number of nitriles is 1. The molecular weight excluding hydrogens is 282 g/mol. The van der Waals surface area contributed by atoms with E-state index in [0.29, 0.717) is 12.8 Å². The minimum atomic E-state index is -0.760. The standard InChI is InChI=1S/C13H14BrNO2/c14-12-2-1-11-8-13(9-15,17-6-5-16)4-3-10(11)7-12/h1-2,7,16H,3-6,8H2. The lowest BCUT2D eigenvalue weighted by Crippen LogP contribution is -2.38. The van der Waals surface area contributed by atoms with E-state index in [1.165, 1.54) is 11.1 Å². The average Bonchev–Trinajstić information content (AvgIpc) is 2.36. The van der Waals surface area contributed by atoms with Crippen molar-refractivity contribution in [3.63, 3.8) is 0 Å². The minimum Gasteiger partial charge on any atom is -0.394 e. The first-order valence-corrected chi connectivity index (χ1v) is 6.42. The first-order valence-electron chi connectivity index (χ1n) is 5.62. The lowest BCUT2D eigenvalue weighted by Gasteiger charge is -2.32. The summed E-state index contributed by atoms with van der Waals surface area (Å²) in [5, 5.41) is 18.1. The molecular formula is C13H14BrNO2. The molecule has 2 rings (SSSR count). The van der Waals surface area contributed by atoms with Crippen LogP contribution in [0.15, 0.2) is 22.7 Å². The summed E-state index contributed by atoms with van der Waals surface area (Å²) in [5.74, 6) is 0. The number of hydrogen-bond acceptors (Lipinski definition) is 3. The number of ether oxygens (including phenoxy) is 1. The van der Waals surface area contributed by atoms with Crippen LogP contribution in [0.4, 0.5) is 0 Å². The third-order valence-electron chi connectivity index (χ3n) is 3.12. The van der Waals surface area contributed by atoms with Gasteiger partial charge in [-0.3, -0.25) is 0 Å². The molecule has 0 fully saturated rings. The zero-order chi connectivity index (χ0) is 12.3. The van der Waals surface area contributed by atoms with Crippen molar-refractivity contribution in [2.24, 2.45) is 0 Å². The van der Waals surface area contributed by atoms with Crippen molar-refractivity contribution in [1.82, 2.24) is 0 Å². The Morgan fingerprint density at radius 2 is 2.29 bits per heavy atom. The Morgan fingerprint density at radius 3 is 3.00 bits per heavy atom. The lowest BCUT2D eigenvalue weighted by molar-refractivity contribution is -0.0275. The van der Waals surface area contributed by atoms with Crippen LogP contribution in [0.5, 0.6) is 0 Å². The number of hydrogen-bond donors (Lipinski definition) is 1. The highest BCUT2D eigenvalue weighted by molar-refractivity contribution is 9.10. The fourth-order valence-corrected chi connectivity index (χ4v) is 2.63. The van der Waals surface area contributed by atoms with E-state index in [1.807, 2.05) is 12.1 Å². The van der Waals surface area contributed by atoms with Crippen molar-refractivity contribution < 1.29 is 9.84 Å². The van der Waals surface area contributed by atoms with E-state index < -0.39 is 5.60 Å². The number of benzene rings is 1. The van der Waals surface area contributed by atoms with Gasteiger partial charge in [0.25, 0.3) is 0 Å². The highest BCUT2D eigenvalue weighted by Gasteiger charge is 2.35. The van der Waals surface area contributed by atoms with Crippen molar-refractivity contribution >= 4 is 15.9 Å². The molecule has 0 bridgehead atoms. The molecule has 1 atom stereocenters. The normalized spacial score (nSPS) is 22.9. The molecule has 0 aromatic heterocycles. The Bertz CT molecular complexity index is 455. The Balaban J connectivity index is 2.22. The summed E-state index contributed by atoms with van der Waals surface area (Å²) in [4.78, 5) is 0. The van der Waals surface area contributed by atoms with Gasteiger partial charge in [0.2, 0.25) is 0 Å². The zero-order valence-corrected chi connectivity index (χ0v) is 11.0. The monoisotopic (exact) mass is 295 g/mol. The summed E-state index contributed by atoms with van der Waals surface area (Å²) >= 11 is 3.45. The van der Waals surface area contributed by atoms with Gasteiger partial charge in [-0.25, -0.2) is 0 Å². The van der Waals surface area contributed by atoms with E-state index in [4.69, 9.17) is 9.84 Å². The summed E-state index contributed by atoms with van der Waals surface area (Å²) < 4.78 is 6.60. The number of rotatable bonds is 3. The number of aliphatic hydroxyl groups excluding tert-OH is 1. The SMILES string of the molecule is N#CC1(OCCO)CCc2cc(Br)ccc2C1. The second-order valence-corrected chi connectivity index (χ2v) is 5.18. The second kappa shape index (κ2) is 5.18. The van der Waals surface area contributed by atoms with Crippen molar-refractivity contribution in [3.05, 3.63) is 33.8 Å². The van der Waals surface area contributed by atoms with Crippen LogP contribution in [-0.4, -0.2) is 23.9 Å². The van der Waals surface area contributed by atoms with Crippen LogP contribution < -0.4 is 0 Å². The summed E-state index contributed by atoms with van der Waals surface area (Å²) in [6.07, 6.45) is 2.13. The van der Waals surface area contributed by atoms with Gasteiger partial charge in [-0.2, -0.15) is 5.26 Å². The van der Waals surface area contributed by atoms with Crippen LogP contribution in [0.3, 0.4) is 0 Å². The fraction of sp³-hybridized carbons (Fsp3) is 0.462. The van der Waals surface area contributed by atoms with E-state index in [2.05, 4.69) is 28.1 Å². The van der Waals surface area contributed by atoms with Gasteiger partial charge in [-0.1, -0.05) is 22.0 Å². The Labute approximate surface area is 109 Å². The van der Waals surface area contributed by atoms with Gasteiger partial charge in [-0.15, -0.1) is 0 Å². The number of halogens is 1. The molecule has 0 heterocycles. The fourth-order valence-electron chi connectivity index (χ4n) is 2.22. The van der Waals surface area contributed by atoms with Gasteiger partial charge in [0.1, 0.15) is 0 Å². The molecule has 1 N–H and O–H groups in total. The Morgan fingerprint density at radius 1 is 1.47 bits per heavy atom. The predicted octanol–water partition coefficient (Wildman–Crippen LogP) is 2.21. The number of aryl methyl sites for hydroxylation is 1. The predicted molar refractivity (Wildman–Crippen MR) is 67.5 cm³/mol. The van der Waals surface area contributed by atoms with Gasteiger partial charge in [0, 0.05) is 10.9 Å². The van der Waals surface area contributed by atoms with Crippen LogP contribution in [-0.2, 0) is 17.6 Å². The molecule has 0 aliphatic heterocycles. The van der Waals surface area contributed by atoms with Crippen LogP contribution in [0, 0.1) is 11.3 Å². The molecule has 17 heavy (non-hydrogen) atoms. The van der Waals surface area contributed by atoms with Crippen LogP contribution in [0.2, 0.25) is 0 Å². The van der Waals surface area contributed by atoms with E-state index in [0.717, 1.165) is 10.9 Å². The van der Waals surface area contributed by atoms with E-state index >= 15 is 0 Å². The maximum atomic E-state index is 9.28. The number of aliphatic hydroxyl groups is 1. The molecule has 1 unspecified atom stereocenters. The molecule has 4 heteroatoms. The minimum absolute atomic E-state index is 0.0450. The van der Waals surface area contributed by atoms with Gasteiger partial charge >= 0.3 is 0 Å². The lowest BCUT2D eigenvalue weighted by atomic mass is 9.81. The number of nitrogens with zero attached hydrogens (tertiary/aromatic N) is 1. The van der Waals surface area contributed by atoms with E-state index in [-0.39, 0.29) is 13.2 Å². The van der Waals surface area contributed by atoms with Crippen LogP contribution in [0.25, 0.3) is 0 Å². The van der Waals surface area contributed by atoms with Crippen molar-refractivity contribution in [2.75, 3.05) is 13.2 Å². The van der Waals surface area contributed by atoms with Crippen molar-refractivity contribution in [1.29, 1.82) is 5.26 Å². The smallest absolute Gasteiger partial charge is 0.158 e. The Hall–Kier alpha value is -0.890. The molecule has 3 nitrogen and oxygen atoms in total. The average molecular weight is 296 g/mol. The van der Waals surface area contributed by atoms with E-state index in [9.17, 15) is 5.26 Å². The molecule has 1 aromatic carbocycles. The summed E-state index contributed by atoms with van der Waals surface area (Å²) in [6.45, 7) is 0.177. The van der Waals surface area contributed by atoms with Gasteiger partial charge in [-0.05, 0) is 36.1 Å². The highest BCUT2D eigenvalue weighted by atomic mass is 79.9. The summed E-state index contributed by atoms with van der Waals surface area (Å²) in [7, 11) is 0. The molecule has 90 valence electrons. The summed E-state index contributed by atoms with van der Waals surface area (Å²) in [6, 6.07) is 8.38. The molecule has 1 aromatic rings. The third kappa shape index (κ3) is 2.68. The van der Waals surface area contributed by atoms with Crippen LogP contribution >= 0.6 is 15.9 Å². The first kappa shape index (κ1) is 12.6. The third-order valence-corrected chi connectivity index (χ3v) is 3.61. The van der Waals surface area contributed by atoms with E-state index in [1.54, 1.807) is 0 Å². The van der Waals surface area contributed by atoms with Crippen molar-refractivity contribution in [3.8, 4) is 6.07 Å². The topological polar surface area (TPSA) is 53.2 Å². The highest BCUT2D eigenvalue weighted by Crippen LogP contribution is 2.32. The molecule has 0 saturated carbocycles. The van der Waals surface area contributed by atoms with Crippen LogP contribution in [0.1, 0.15) is 17.5 Å². The molecule has 0 spiro atoms. The van der Waals surface area contributed by atoms with Gasteiger partial charge in [0.05, 0.1) is 19.3 Å². The van der Waals surface area contributed by atoms with Gasteiger partial charge < -0.3 is 9.84 Å². The zero-order valence-electron chi connectivity index (χ0n) is 9.45. The first-order chi connectivity index (χ1) is 8.19. The second-order valence-electron chi connectivity index (χ2n) is 4.27. The molecule has 1 aliphatic carbocycles. The molecule has 0 saturated heterocycles. The maximum absolute atomic E-state index is 9.28. The Kier molecular flexibility index (Phi) is 3.82. The largest absolute Gasteiger partial charge is 0.394 e. The molecule has 0 radical (unpaired) electrons. The summed E-state index contributed by atoms with van der Waals surface area (Å²) in [5.41, 5.74) is 1.68. The number of fused-ring (bicyclic) bond motifs is 1.